The quantitative estimate of drug-likeness (QED) is 0.837. The summed E-state index contributed by atoms with van der Waals surface area (Å²) < 4.78 is 15.5. The summed E-state index contributed by atoms with van der Waals surface area (Å²) in [5.41, 5.74) is 9.01. The molecule has 0 radical (unpaired) electrons. The van der Waals surface area contributed by atoms with E-state index in [2.05, 4.69) is 9.55 Å². The predicted molar refractivity (Wildman–Crippen MR) is 68.7 cm³/mol. The number of aromatic nitrogens is 2. The normalized spacial score (nSPS) is 18.7. The molecule has 0 spiro atoms. The molecule has 0 saturated heterocycles. The summed E-state index contributed by atoms with van der Waals surface area (Å²) >= 11 is 0. The van der Waals surface area contributed by atoms with Gasteiger partial charge in [0.2, 0.25) is 0 Å². The lowest BCUT2D eigenvalue weighted by atomic mass is 10.0. The van der Waals surface area contributed by atoms with E-state index >= 15 is 0 Å². The molecule has 2 N–H and O–H groups in total. The smallest absolute Gasteiger partial charge is 0.140 e. The van der Waals surface area contributed by atoms with E-state index in [4.69, 9.17) is 5.73 Å². The average Bonchev–Trinajstić information content (AvgIpc) is 2.67. The highest BCUT2D eigenvalue weighted by atomic mass is 19.1. The maximum absolute atomic E-state index is 13.3. The molecule has 3 rings (SSSR count). The van der Waals surface area contributed by atoms with Crippen molar-refractivity contribution in [2.45, 2.75) is 32.4 Å². The first-order chi connectivity index (χ1) is 8.65. The number of halogens is 1. The van der Waals surface area contributed by atoms with Gasteiger partial charge in [0, 0.05) is 30.3 Å². The molecule has 3 nitrogen and oxygen atoms in total. The van der Waals surface area contributed by atoms with Gasteiger partial charge in [0.25, 0.3) is 0 Å². The Hall–Kier alpha value is -1.68. The Morgan fingerprint density at radius 3 is 3.06 bits per heavy atom. The van der Waals surface area contributed by atoms with Crippen LogP contribution in [0.5, 0.6) is 0 Å². The molecule has 1 unspecified atom stereocenters. The molecule has 1 atom stereocenters. The van der Waals surface area contributed by atoms with Crippen LogP contribution in [0, 0.1) is 12.7 Å². The second kappa shape index (κ2) is 4.21. The number of fused-ring (bicyclic) bond motifs is 1. The van der Waals surface area contributed by atoms with Crippen molar-refractivity contribution < 1.29 is 4.39 Å². The van der Waals surface area contributed by atoms with Crippen molar-refractivity contribution in [3.05, 3.63) is 41.5 Å². The Kier molecular flexibility index (Phi) is 2.67. The van der Waals surface area contributed by atoms with Crippen LogP contribution in [0.25, 0.3) is 11.4 Å². The topological polar surface area (TPSA) is 43.8 Å². The Morgan fingerprint density at radius 1 is 1.44 bits per heavy atom. The van der Waals surface area contributed by atoms with Gasteiger partial charge in [-0.3, -0.25) is 0 Å². The Bertz CT molecular complexity index is 589. The van der Waals surface area contributed by atoms with Gasteiger partial charge in [-0.1, -0.05) is 12.1 Å². The minimum Gasteiger partial charge on any atom is -0.328 e. The molecule has 0 aliphatic carbocycles. The van der Waals surface area contributed by atoms with Crippen molar-refractivity contribution in [2.75, 3.05) is 0 Å². The molecule has 2 heterocycles. The summed E-state index contributed by atoms with van der Waals surface area (Å²) in [5, 5.41) is 0. The van der Waals surface area contributed by atoms with Crippen molar-refractivity contribution >= 4 is 0 Å². The summed E-state index contributed by atoms with van der Waals surface area (Å²) in [6.07, 6.45) is 1.80. The summed E-state index contributed by atoms with van der Waals surface area (Å²) in [6.45, 7) is 2.86. The highest BCUT2D eigenvalue weighted by Gasteiger charge is 2.22. The van der Waals surface area contributed by atoms with Crippen LogP contribution < -0.4 is 5.73 Å². The largest absolute Gasteiger partial charge is 0.328 e. The fourth-order valence-electron chi connectivity index (χ4n) is 2.60. The van der Waals surface area contributed by atoms with E-state index in [0.717, 1.165) is 36.5 Å². The molecule has 0 fully saturated rings. The number of nitrogens with two attached hydrogens (primary N) is 1. The van der Waals surface area contributed by atoms with Crippen LogP contribution >= 0.6 is 0 Å². The fourth-order valence-corrected chi connectivity index (χ4v) is 2.60. The molecule has 1 aromatic carbocycles. The first-order valence-corrected chi connectivity index (χ1v) is 6.22. The monoisotopic (exact) mass is 245 g/mol. The van der Waals surface area contributed by atoms with E-state index in [1.165, 1.54) is 17.8 Å². The van der Waals surface area contributed by atoms with Crippen LogP contribution in [0.15, 0.2) is 24.3 Å². The molecule has 18 heavy (non-hydrogen) atoms. The summed E-state index contributed by atoms with van der Waals surface area (Å²) in [5.74, 6) is 0.629. The van der Waals surface area contributed by atoms with Gasteiger partial charge in [0.15, 0.2) is 0 Å². The number of aryl methyl sites for hydroxylation is 1. The zero-order valence-electron chi connectivity index (χ0n) is 10.4. The molecule has 0 amide bonds. The zero-order chi connectivity index (χ0) is 12.7. The second-order valence-corrected chi connectivity index (χ2v) is 4.88. The molecule has 4 heteroatoms. The van der Waals surface area contributed by atoms with E-state index in [9.17, 15) is 4.39 Å². The molecule has 2 aromatic rings. The molecule has 0 saturated carbocycles. The van der Waals surface area contributed by atoms with E-state index in [0.29, 0.717) is 0 Å². The molecular formula is C14H16FN3. The minimum atomic E-state index is -0.227. The number of hydrogen-bond donors (Lipinski definition) is 1. The number of hydrogen-bond acceptors (Lipinski definition) is 2. The van der Waals surface area contributed by atoms with Crippen molar-refractivity contribution in [3.8, 4) is 11.4 Å². The first-order valence-electron chi connectivity index (χ1n) is 6.22. The predicted octanol–water partition coefficient (Wildman–Crippen LogP) is 2.27. The highest BCUT2D eigenvalue weighted by Crippen LogP contribution is 2.27. The van der Waals surface area contributed by atoms with Gasteiger partial charge < -0.3 is 10.3 Å². The summed E-state index contributed by atoms with van der Waals surface area (Å²) in [4.78, 5) is 4.58. The van der Waals surface area contributed by atoms with Gasteiger partial charge in [-0.15, -0.1) is 0 Å². The van der Waals surface area contributed by atoms with Gasteiger partial charge in [-0.25, -0.2) is 9.37 Å². The van der Waals surface area contributed by atoms with Crippen molar-refractivity contribution in [3.63, 3.8) is 0 Å². The fraction of sp³-hybridized carbons (Fsp3) is 0.357. The Morgan fingerprint density at radius 2 is 2.28 bits per heavy atom. The number of rotatable bonds is 1. The average molecular weight is 245 g/mol. The first kappa shape index (κ1) is 11.4. The molecule has 94 valence electrons. The third kappa shape index (κ3) is 1.82. The lowest BCUT2D eigenvalue weighted by molar-refractivity contribution is 0.473. The van der Waals surface area contributed by atoms with E-state index in [1.807, 2.05) is 13.0 Å². The minimum absolute atomic E-state index is 0.216. The Balaban J connectivity index is 2.11. The van der Waals surface area contributed by atoms with Crippen molar-refractivity contribution in [2.24, 2.45) is 5.73 Å². The highest BCUT2D eigenvalue weighted by molar-refractivity contribution is 5.57. The lowest BCUT2D eigenvalue weighted by Crippen LogP contribution is -2.31. The molecule has 1 aliphatic rings. The molecule has 1 aromatic heterocycles. The van der Waals surface area contributed by atoms with E-state index in [1.54, 1.807) is 6.07 Å². The zero-order valence-corrected chi connectivity index (χ0v) is 10.4. The van der Waals surface area contributed by atoms with Crippen LogP contribution in [0.1, 0.15) is 17.8 Å². The van der Waals surface area contributed by atoms with Crippen LogP contribution in [0.2, 0.25) is 0 Å². The number of nitrogens with zero attached hydrogens (tertiary/aromatic N) is 2. The second-order valence-electron chi connectivity index (χ2n) is 4.88. The van der Waals surface area contributed by atoms with Crippen LogP contribution in [0.3, 0.4) is 0 Å². The summed E-state index contributed by atoms with van der Waals surface area (Å²) in [7, 11) is 0. The number of imidazole rings is 1. The lowest BCUT2D eigenvalue weighted by Gasteiger charge is -2.22. The molecular weight excluding hydrogens is 229 g/mol. The third-order valence-corrected chi connectivity index (χ3v) is 3.53. The van der Waals surface area contributed by atoms with Gasteiger partial charge in [0.1, 0.15) is 11.6 Å². The van der Waals surface area contributed by atoms with Gasteiger partial charge >= 0.3 is 0 Å². The van der Waals surface area contributed by atoms with E-state index in [-0.39, 0.29) is 11.9 Å². The Labute approximate surface area is 105 Å². The van der Waals surface area contributed by atoms with Crippen LogP contribution in [0.4, 0.5) is 4.39 Å². The van der Waals surface area contributed by atoms with E-state index < -0.39 is 0 Å². The van der Waals surface area contributed by atoms with Crippen LogP contribution in [-0.4, -0.2) is 15.6 Å². The SMILES string of the molecule is Cc1nc(-c2cccc(F)c2)n2c1CC(N)CC2. The number of benzene rings is 1. The molecule has 0 bridgehead atoms. The van der Waals surface area contributed by atoms with Gasteiger partial charge in [-0.2, -0.15) is 0 Å². The standard InChI is InChI=1S/C14H16FN3/c1-9-13-8-12(16)5-6-18(13)14(17-9)10-3-2-4-11(15)7-10/h2-4,7,12H,5-6,8,16H2,1H3. The van der Waals surface area contributed by atoms with Gasteiger partial charge in [-0.05, 0) is 25.5 Å². The summed E-state index contributed by atoms with van der Waals surface area (Å²) in [6, 6.07) is 6.81. The van der Waals surface area contributed by atoms with Gasteiger partial charge in [0.05, 0.1) is 5.69 Å². The van der Waals surface area contributed by atoms with Crippen LogP contribution in [-0.2, 0) is 13.0 Å². The third-order valence-electron chi connectivity index (χ3n) is 3.53. The maximum atomic E-state index is 13.3. The maximum Gasteiger partial charge on any atom is 0.140 e. The molecule has 1 aliphatic heterocycles. The van der Waals surface area contributed by atoms with Crippen molar-refractivity contribution in [1.29, 1.82) is 0 Å². The van der Waals surface area contributed by atoms with Crippen molar-refractivity contribution in [1.82, 2.24) is 9.55 Å².